The summed E-state index contributed by atoms with van der Waals surface area (Å²) in [4.78, 5) is 26.2. The number of ether oxygens (including phenoxy) is 2. The lowest BCUT2D eigenvalue weighted by molar-refractivity contribution is -0.122. The molecule has 24 heavy (non-hydrogen) atoms. The maximum atomic E-state index is 12.6. The van der Waals surface area contributed by atoms with Crippen molar-refractivity contribution in [3.05, 3.63) is 54.1 Å². The SMILES string of the molecule is COc1ccc(C[C@@H]2CC(=O)N(c3ccc(OC)cc3)C2=O)cc1. The van der Waals surface area contributed by atoms with E-state index in [2.05, 4.69) is 0 Å². The highest BCUT2D eigenvalue weighted by Crippen LogP contribution is 2.30. The van der Waals surface area contributed by atoms with Gasteiger partial charge >= 0.3 is 0 Å². The minimum Gasteiger partial charge on any atom is -0.497 e. The predicted molar refractivity (Wildman–Crippen MR) is 90.3 cm³/mol. The summed E-state index contributed by atoms with van der Waals surface area (Å²) >= 11 is 0. The van der Waals surface area contributed by atoms with Crippen molar-refractivity contribution in [3.63, 3.8) is 0 Å². The predicted octanol–water partition coefficient (Wildman–Crippen LogP) is 2.83. The van der Waals surface area contributed by atoms with E-state index in [-0.39, 0.29) is 24.2 Å². The molecule has 2 amide bonds. The number of rotatable bonds is 5. The lowest BCUT2D eigenvalue weighted by atomic mass is 9.98. The van der Waals surface area contributed by atoms with Gasteiger partial charge in [-0.25, -0.2) is 0 Å². The molecule has 0 aliphatic carbocycles. The molecule has 5 nitrogen and oxygen atoms in total. The third-order valence-corrected chi connectivity index (χ3v) is 4.21. The summed E-state index contributed by atoms with van der Waals surface area (Å²) in [5.74, 6) is 0.817. The van der Waals surface area contributed by atoms with Crippen molar-refractivity contribution in [1.82, 2.24) is 0 Å². The van der Waals surface area contributed by atoms with Gasteiger partial charge in [0.15, 0.2) is 0 Å². The van der Waals surface area contributed by atoms with Crippen LogP contribution in [0.2, 0.25) is 0 Å². The Bertz CT molecular complexity index is 737. The van der Waals surface area contributed by atoms with Gasteiger partial charge in [-0.15, -0.1) is 0 Å². The molecule has 1 atom stereocenters. The van der Waals surface area contributed by atoms with Crippen LogP contribution in [0.25, 0.3) is 0 Å². The van der Waals surface area contributed by atoms with Gasteiger partial charge in [0.25, 0.3) is 0 Å². The molecule has 124 valence electrons. The number of hydrogen-bond donors (Lipinski definition) is 0. The van der Waals surface area contributed by atoms with Gasteiger partial charge in [-0.2, -0.15) is 0 Å². The van der Waals surface area contributed by atoms with Crippen molar-refractivity contribution >= 4 is 17.5 Å². The number of imide groups is 1. The monoisotopic (exact) mass is 325 g/mol. The zero-order chi connectivity index (χ0) is 17.1. The fraction of sp³-hybridized carbons (Fsp3) is 0.263. The average molecular weight is 325 g/mol. The minimum atomic E-state index is -0.326. The molecule has 1 aliphatic rings. The quantitative estimate of drug-likeness (QED) is 0.793. The Morgan fingerprint density at radius 1 is 0.917 bits per heavy atom. The molecule has 1 heterocycles. The van der Waals surface area contributed by atoms with Crippen molar-refractivity contribution in [1.29, 1.82) is 0 Å². The van der Waals surface area contributed by atoms with Crippen LogP contribution in [0.5, 0.6) is 11.5 Å². The highest BCUT2D eigenvalue weighted by atomic mass is 16.5. The first-order valence-corrected chi connectivity index (χ1v) is 7.76. The zero-order valence-electron chi connectivity index (χ0n) is 13.7. The van der Waals surface area contributed by atoms with E-state index in [9.17, 15) is 9.59 Å². The van der Waals surface area contributed by atoms with Gasteiger partial charge in [0.1, 0.15) is 11.5 Å². The summed E-state index contributed by atoms with van der Waals surface area (Å²) in [6, 6.07) is 14.5. The lowest BCUT2D eigenvalue weighted by Crippen LogP contribution is -2.30. The Kier molecular flexibility index (Phi) is 4.51. The van der Waals surface area contributed by atoms with Crippen molar-refractivity contribution in [2.24, 2.45) is 5.92 Å². The van der Waals surface area contributed by atoms with Gasteiger partial charge in [-0.05, 0) is 48.4 Å². The van der Waals surface area contributed by atoms with Crippen LogP contribution in [-0.4, -0.2) is 26.0 Å². The molecular weight excluding hydrogens is 306 g/mol. The molecule has 0 aromatic heterocycles. The molecule has 5 heteroatoms. The van der Waals surface area contributed by atoms with Crippen molar-refractivity contribution < 1.29 is 19.1 Å². The summed E-state index contributed by atoms with van der Waals surface area (Å²) in [5, 5.41) is 0. The molecule has 0 radical (unpaired) electrons. The molecule has 0 saturated carbocycles. The Labute approximate surface area is 140 Å². The fourth-order valence-corrected chi connectivity index (χ4v) is 2.90. The normalized spacial score (nSPS) is 17.2. The molecular formula is C19H19NO4. The van der Waals surface area contributed by atoms with E-state index in [0.717, 1.165) is 11.3 Å². The molecule has 3 rings (SSSR count). The number of amides is 2. The van der Waals surface area contributed by atoms with E-state index < -0.39 is 0 Å². The van der Waals surface area contributed by atoms with Crippen LogP contribution in [0.4, 0.5) is 5.69 Å². The van der Waals surface area contributed by atoms with E-state index >= 15 is 0 Å². The van der Waals surface area contributed by atoms with Crippen molar-refractivity contribution in [2.75, 3.05) is 19.1 Å². The Morgan fingerprint density at radius 3 is 2.00 bits per heavy atom. The molecule has 2 aromatic rings. The van der Waals surface area contributed by atoms with E-state index in [1.807, 2.05) is 24.3 Å². The van der Waals surface area contributed by atoms with E-state index in [0.29, 0.717) is 17.9 Å². The van der Waals surface area contributed by atoms with Crippen molar-refractivity contribution in [3.8, 4) is 11.5 Å². The molecule has 0 spiro atoms. The minimum absolute atomic E-state index is 0.152. The topological polar surface area (TPSA) is 55.8 Å². The largest absolute Gasteiger partial charge is 0.497 e. The van der Waals surface area contributed by atoms with Crippen LogP contribution in [0.3, 0.4) is 0 Å². The first-order valence-electron chi connectivity index (χ1n) is 7.76. The number of carbonyl (C=O) groups excluding carboxylic acids is 2. The third kappa shape index (κ3) is 3.11. The summed E-state index contributed by atoms with van der Waals surface area (Å²) in [6.45, 7) is 0. The summed E-state index contributed by atoms with van der Waals surface area (Å²) < 4.78 is 10.2. The van der Waals surface area contributed by atoms with Gasteiger partial charge in [0, 0.05) is 6.42 Å². The first-order chi connectivity index (χ1) is 11.6. The van der Waals surface area contributed by atoms with Gasteiger partial charge in [-0.3, -0.25) is 14.5 Å². The second-order valence-corrected chi connectivity index (χ2v) is 5.72. The van der Waals surface area contributed by atoms with E-state index in [4.69, 9.17) is 9.47 Å². The Morgan fingerprint density at radius 2 is 1.46 bits per heavy atom. The Hall–Kier alpha value is -2.82. The highest BCUT2D eigenvalue weighted by molar-refractivity contribution is 6.21. The first kappa shape index (κ1) is 16.1. The van der Waals surface area contributed by atoms with Crippen LogP contribution >= 0.6 is 0 Å². The van der Waals surface area contributed by atoms with Crippen LogP contribution < -0.4 is 14.4 Å². The molecule has 0 unspecified atom stereocenters. The summed E-state index contributed by atoms with van der Waals surface area (Å²) in [5.41, 5.74) is 1.60. The smallest absolute Gasteiger partial charge is 0.237 e. The summed E-state index contributed by atoms with van der Waals surface area (Å²) in [6.07, 6.45) is 0.776. The van der Waals surface area contributed by atoms with Gasteiger partial charge in [0.05, 0.1) is 25.8 Å². The number of anilines is 1. The number of benzene rings is 2. The highest BCUT2D eigenvalue weighted by Gasteiger charge is 2.39. The summed E-state index contributed by atoms with van der Waals surface area (Å²) in [7, 11) is 3.19. The number of carbonyl (C=O) groups is 2. The maximum absolute atomic E-state index is 12.6. The molecule has 2 aromatic carbocycles. The van der Waals surface area contributed by atoms with Gasteiger partial charge in [-0.1, -0.05) is 12.1 Å². The van der Waals surface area contributed by atoms with Crippen LogP contribution in [0.15, 0.2) is 48.5 Å². The maximum Gasteiger partial charge on any atom is 0.237 e. The second-order valence-electron chi connectivity index (χ2n) is 5.72. The third-order valence-electron chi connectivity index (χ3n) is 4.21. The van der Waals surface area contributed by atoms with E-state index in [1.165, 1.54) is 4.90 Å². The number of nitrogens with zero attached hydrogens (tertiary/aromatic N) is 1. The number of hydrogen-bond acceptors (Lipinski definition) is 4. The van der Waals surface area contributed by atoms with Crippen molar-refractivity contribution in [2.45, 2.75) is 12.8 Å². The second kappa shape index (κ2) is 6.74. The zero-order valence-corrected chi connectivity index (χ0v) is 13.7. The fourth-order valence-electron chi connectivity index (χ4n) is 2.90. The standard InChI is InChI=1S/C19H19NO4/c1-23-16-7-3-13(4-8-16)11-14-12-18(21)20(19(14)22)15-5-9-17(24-2)10-6-15/h3-10,14H,11-12H2,1-2H3/t14-/m1/s1. The average Bonchev–Trinajstić information content (AvgIpc) is 2.89. The molecule has 1 saturated heterocycles. The molecule has 1 fully saturated rings. The lowest BCUT2D eigenvalue weighted by Gasteiger charge is -2.15. The van der Waals surface area contributed by atoms with E-state index in [1.54, 1.807) is 38.5 Å². The molecule has 0 N–H and O–H groups in total. The van der Waals surface area contributed by atoms with Crippen LogP contribution in [-0.2, 0) is 16.0 Å². The molecule has 0 bridgehead atoms. The van der Waals surface area contributed by atoms with Gasteiger partial charge < -0.3 is 9.47 Å². The van der Waals surface area contributed by atoms with Crippen LogP contribution in [0.1, 0.15) is 12.0 Å². The van der Waals surface area contributed by atoms with Crippen LogP contribution in [0, 0.1) is 5.92 Å². The Balaban J connectivity index is 1.75. The number of methoxy groups -OCH3 is 2. The molecule has 1 aliphatic heterocycles. The van der Waals surface area contributed by atoms with Gasteiger partial charge in [0.2, 0.25) is 11.8 Å².